The van der Waals surface area contributed by atoms with E-state index in [1.54, 1.807) is 12.1 Å². The van der Waals surface area contributed by atoms with Gasteiger partial charge >= 0.3 is 0 Å². The SMILES string of the molecule is NC(=S)c1ccc(Br)cc1NC(=O)C1CCCO1. The Balaban J connectivity index is 2.19. The quantitative estimate of drug-likeness (QED) is 0.835. The lowest BCUT2D eigenvalue weighted by molar-refractivity contribution is -0.124. The van der Waals surface area contributed by atoms with Crippen LogP contribution in [0, 0.1) is 0 Å². The van der Waals surface area contributed by atoms with Crippen LogP contribution >= 0.6 is 28.1 Å². The van der Waals surface area contributed by atoms with E-state index in [-0.39, 0.29) is 17.0 Å². The number of nitrogens with two attached hydrogens (primary N) is 1. The Labute approximate surface area is 119 Å². The van der Waals surface area contributed by atoms with Crippen molar-refractivity contribution in [2.75, 3.05) is 11.9 Å². The number of rotatable bonds is 3. The van der Waals surface area contributed by atoms with E-state index in [0.717, 1.165) is 17.3 Å². The van der Waals surface area contributed by atoms with Gasteiger partial charge in [0.05, 0.1) is 5.69 Å². The van der Waals surface area contributed by atoms with Crippen LogP contribution < -0.4 is 11.1 Å². The Bertz CT molecular complexity index is 487. The van der Waals surface area contributed by atoms with E-state index in [9.17, 15) is 4.79 Å². The summed E-state index contributed by atoms with van der Waals surface area (Å²) in [7, 11) is 0. The fourth-order valence-corrected chi connectivity index (χ4v) is 2.37. The highest BCUT2D eigenvalue weighted by Crippen LogP contribution is 2.23. The molecular formula is C12H13BrN2O2S. The van der Waals surface area contributed by atoms with Crippen LogP contribution in [0.25, 0.3) is 0 Å². The van der Waals surface area contributed by atoms with Crippen LogP contribution in [0.15, 0.2) is 22.7 Å². The standard InChI is InChI=1S/C12H13BrN2O2S/c13-7-3-4-8(11(14)18)9(6-7)15-12(16)10-2-1-5-17-10/h3-4,6,10H,1-2,5H2,(H2,14,18)(H,15,16). The zero-order chi connectivity index (χ0) is 13.1. The Morgan fingerprint density at radius 1 is 1.56 bits per heavy atom. The normalized spacial score (nSPS) is 18.6. The number of halogens is 1. The van der Waals surface area contributed by atoms with Crippen molar-refractivity contribution in [3.63, 3.8) is 0 Å². The summed E-state index contributed by atoms with van der Waals surface area (Å²) in [6.07, 6.45) is 1.30. The van der Waals surface area contributed by atoms with E-state index in [2.05, 4.69) is 21.2 Å². The summed E-state index contributed by atoms with van der Waals surface area (Å²) in [4.78, 5) is 12.2. The third-order valence-corrected chi connectivity index (χ3v) is 3.44. The molecule has 18 heavy (non-hydrogen) atoms. The second-order valence-corrected chi connectivity index (χ2v) is 5.40. The zero-order valence-electron chi connectivity index (χ0n) is 9.61. The molecule has 0 spiro atoms. The van der Waals surface area contributed by atoms with Gasteiger partial charge in [0, 0.05) is 16.6 Å². The summed E-state index contributed by atoms with van der Waals surface area (Å²) in [5.41, 5.74) is 6.89. The molecule has 1 aromatic carbocycles. The van der Waals surface area contributed by atoms with Gasteiger partial charge in [0.1, 0.15) is 11.1 Å². The molecule has 1 amide bonds. The van der Waals surface area contributed by atoms with Gasteiger partial charge in [-0.25, -0.2) is 0 Å². The molecule has 3 N–H and O–H groups in total. The van der Waals surface area contributed by atoms with Gasteiger partial charge in [-0.15, -0.1) is 0 Å². The number of anilines is 1. The van der Waals surface area contributed by atoms with Gasteiger partial charge in [-0.2, -0.15) is 0 Å². The van der Waals surface area contributed by atoms with Gasteiger partial charge in [-0.3, -0.25) is 4.79 Å². The smallest absolute Gasteiger partial charge is 0.253 e. The molecule has 1 aromatic rings. The van der Waals surface area contributed by atoms with Gasteiger partial charge in [0.25, 0.3) is 5.91 Å². The molecular weight excluding hydrogens is 316 g/mol. The number of nitrogens with one attached hydrogen (secondary N) is 1. The minimum absolute atomic E-state index is 0.150. The molecule has 0 saturated carbocycles. The number of hydrogen-bond donors (Lipinski definition) is 2. The Kier molecular flexibility index (Phi) is 4.31. The van der Waals surface area contributed by atoms with Crippen molar-refractivity contribution >= 4 is 44.7 Å². The van der Waals surface area contributed by atoms with Crippen molar-refractivity contribution in [3.05, 3.63) is 28.2 Å². The van der Waals surface area contributed by atoms with Gasteiger partial charge in [0.15, 0.2) is 0 Å². The summed E-state index contributed by atoms with van der Waals surface area (Å²) < 4.78 is 6.18. The number of carbonyl (C=O) groups is 1. The number of thiocarbonyl (C=S) groups is 1. The first-order valence-electron chi connectivity index (χ1n) is 5.60. The summed E-state index contributed by atoms with van der Waals surface area (Å²) in [6, 6.07) is 5.38. The van der Waals surface area contributed by atoms with Crippen molar-refractivity contribution in [1.29, 1.82) is 0 Å². The van der Waals surface area contributed by atoms with Crippen LogP contribution in [0.2, 0.25) is 0 Å². The van der Waals surface area contributed by atoms with Crippen molar-refractivity contribution in [2.45, 2.75) is 18.9 Å². The van der Waals surface area contributed by atoms with Gasteiger partial charge in [-0.1, -0.05) is 28.1 Å². The minimum atomic E-state index is -0.372. The van der Waals surface area contributed by atoms with Gasteiger partial charge < -0.3 is 15.8 Å². The summed E-state index contributed by atoms with van der Waals surface area (Å²) in [5.74, 6) is -0.150. The second-order valence-electron chi connectivity index (χ2n) is 4.05. The van der Waals surface area contributed by atoms with E-state index in [0.29, 0.717) is 17.9 Å². The Hall–Kier alpha value is -0.980. The third kappa shape index (κ3) is 3.07. The highest BCUT2D eigenvalue weighted by molar-refractivity contribution is 9.10. The number of benzene rings is 1. The maximum absolute atomic E-state index is 12.0. The maximum atomic E-state index is 12.0. The number of ether oxygens (including phenoxy) is 1. The average molecular weight is 329 g/mol. The van der Waals surface area contributed by atoms with Crippen LogP contribution in [0.5, 0.6) is 0 Å². The largest absolute Gasteiger partial charge is 0.389 e. The van der Waals surface area contributed by atoms with Crippen molar-refractivity contribution in [2.24, 2.45) is 5.73 Å². The molecule has 4 nitrogen and oxygen atoms in total. The first kappa shape index (κ1) is 13.5. The molecule has 1 heterocycles. The Morgan fingerprint density at radius 2 is 2.33 bits per heavy atom. The lowest BCUT2D eigenvalue weighted by Gasteiger charge is -2.13. The van der Waals surface area contributed by atoms with Crippen molar-refractivity contribution in [3.8, 4) is 0 Å². The molecule has 2 rings (SSSR count). The number of carbonyl (C=O) groups excluding carboxylic acids is 1. The molecule has 1 aliphatic heterocycles. The first-order chi connectivity index (χ1) is 8.58. The highest BCUT2D eigenvalue weighted by Gasteiger charge is 2.24. The molecule has 6 heteroatoms. The predicted molar refractivity (Wildman–Crippen MR) is 77.6 cm³/mol. The molecule has 1 saturated heterocycles. The monoisotopic (exact) mass is 328 g/mol. The minimum Gasteiger partial charge on any atom is -0.389 e. The lowest BCUT2D eigenvalue weighted by Crippen LogP contribution is -2.28. The van der Waals surface area contributed by atoms with Crippen molar-refractivity contribution < 1.29 is 9.53 Å². The van der Waals surface area contributed by atoms with Crippen LogP contribution in [-0.2, 0) is 9.53 Å². The van der Waals surface area contributed by atoms with E-state index < -0.39 is 0 Å². The summed E-state index contributed by atoms with van der Waals surface area (Å²) in [5, 5.41) is 2.81. The highest BCUT2D eigenvalue weighted by atomic mass is 79.9. The number of hydrogen-bond acceptors (Lipinski definition) is 3. The fraction of sp³-hybridized carbons (Fsp3) is 0.333. The molecule has 1 unspecified atom stereocenters. The summed E-state index contributed by atoms with van der Waals surface area (Å²) in [6.45, 7) is 0.638. The molecule has 0 aromatic heterocycles. The average Bonchev–Trinajstić information content (AvgIpc) is 2.81. The molecule has 96 valence electrons. The molecule has 1 atom stereocenters. The molecule has 0 bridgehead atoms. The van der Waals surface area contributed by atoms with Crippen LogP contribution in [0.3, 0.4) is 0 Å². The van der Waals surface area contributed by atoms with Gasteiger partial charge in [-0.05, 0) is 31.0 Å². The van der Waals surface area contributed by atoms with Crippen LogP contribution in [0.4, 0.5) is 5.69 Å². The molecule has 1 fully saturated rings. The van der Waals surface area contributed by atoms with Gasteiger partial charge in [0.2, 0.25) is 0 Å². The first-order valence-corrected chi connectivity index (χ1v) is 6.80. The second kappa shape index (κ2) is 5.77. The van der Waals surface area contributed by atoms with Crippen LogP contribution in [0.1, 0.15) is 18.4 Å². The lowest BCUT2D eigenvalue weighted by atomic mass is 10.1. The number of amides is 1. The van der Waals surface area contributed by atoms with Crippen LogP contribution in [-0.4, -0.2) is 23.6 Å². The topological polar surface area (TPSA) is 64.3 Å². The molecule has 0 aliphatic carbocycles. The fourth-order valence-electron chi connectivity index (χ4n) is 1.83. The molecule has 1 aliphatic rings. The van der Waals surface area contributed by atoms with E-state index in [1.807, 2.05) is 6.07 Å². The summed E-state index contributed by atoms with van der Waals surface area (Å²) >= 11 is 8.31. The Morgan fingerprint density at radius 3 is 2.94 bits per heavy atom. The van der Waals surface area contributed by atoms with E-state index in [1.165, 1.54) is 0 Å². The predicted octanol–water partition coefficient (Wildman–Crippen LogP) is 2.20. The molecule has 0 radical (unpaired) electrons. The third-order valence-electron chi connectivity index (χ3n) is 2.73. The maximum Gasteiger partial charge on any atom is 0.253 e. The van der Waals surface area contributed by atoms with Crippen molar-refractivity contribution in [1.82, 2.24) is 0 Å². The zero-order valence-corrected chi connectivity index (χ0v) is 12.0. The van der Waals surface area contributed by atoms with E-state index in [4.69, 9.17) is 22.7 Å². The van der Waals surface area contributed by atoms with E-state index >= 15 is 0 Å².